The lowest BCUT2D eigenvalue weighted by atomic mass is 9.97. The van der Waals surface area contributed by atoms with Gasteiger partial charge in [0.15, 0.2) is 0 Å². The van der Waals surface area contributed by atoms with Crippen LogP contribution in [0.1, 0.15) is 49.6 Å². The van der Waals surface area contributed by atoms with E-state index in [2.05, 4.69) is 15.6 Å². The normalized spacial score (nSPS) is 13.0. The van der Waals surface area contributed by atoms with Crippen LogP contribution in [0.3, 0.4) is 0 Å². The Kier molecular flexibility index (Phi) is 7.99. The van der Waals surface area contributed by atoms with Crippen LogP contribution in [0, 0.1) is 12.8 Å². The first-order valence-electron chi connectivity index (χ1n) is 9.61. The molecule has 28 heavy (non-hydrogen) atoms. The summed E-state index contributed by atoms with van der Waals surface area (Å²) in [5.41, 5.74) is 2.92. The molecule has 150 valence electrons. The van der Waals surface area contributed by atoms with E-state index in [-0.39, 0.29) is 30.5 Å². The number of carbonyl (C=O) groups excluding carboxylic acids is 1. The van der Waals surface area contributed by atoms with E-state index in [4.69, 9.17) is 5.11 Å². The van der Waals surface area contributed by atoms with Crippen molar-refractivity contribution in [2.24, 2.45) is 5.92 Å². The fourth-order valence-corrected chi connectivity index (χ4v) is 3.16. The summed E-state index contributed by atoms with van der Waals surface area (Å²) >= 11 is 0. The quantitative estimate of drug-likeness (QED) is 0.613. The molecule has 6 nitrogen and oxygen atoms in total. The molecule has 1 aromatic carbocycles. The Morgan fingerprint density at radius 3 is 2.39 bits per heavy atom. The van der Waals surface area contributed by atoms with Crippen molar-refractivity contribution in [2.75, 3.05) is 0 Å². The molecule has 0 spiro atoms. The second-order valence-corrected chi connectivity index (χ2v) is 7.36. The molecule has 2 atom stereocenters. The zero-order valence-electron chi connectivity index (χ0n) is 16.7. The minimum absolute atomic E-state index is 0.00470. The summed E-state index contributed by atoms with van der Waals surface area (Å²) in [6.45, 7) is 6.04. The number of nitrogens with zero attached hydrogens (tertiary/aromatic N) is 1. The highest BCUT2D eigenvalue weighted by Crippen LogP contribution is 2.22. The molecule has 0 fully saturated rings. The fraction of sp³-hybridized carbons (Fsp3) is 0.409. The molecular formula is C22H29N3O3. The van der Waals surface area contributed by atoms with Gasteiger partial charge in [0.25, 0.3) is 0 Å². The SMILES string of the molecule is Cc1cccnc1C(NC(=O)NC(CCC(=O)O)Cc1ccccc1)C(C)C. The summed E-state index contributed by atoms with van der Waals surface area (Å²) in [4.78, 5) is 28.1. The highest BCUT2D eigenvalue weighted by molar-refractivity contribution is 5.75. The summed E-state index contributed by atoms with van der Waals surface area (Å²) in [5.74, 6) is -0.713. The smallest absolute Gasteiger partial charge is 0.315 e. The number of nitrogens with one attached hydrogen (secondary N) is 2. The van der Waals surface area contributed by atoms with Crippen LogP contribution in [0.25, 0.3) is 0 Å². The van der Waals surface area contributed by atoms with Gasteiger partial charge in [0.1, 0.15) is 0 Å². The van der Waals surface area contributed by atoms with E-state index in [9.17, 15) is 9.59 Å². The Hall–Kier alpha value is -2.89. The number of aromatic nitrogens is 1. The number of aliphatic carboxylic acids is 1. The van der Waals surface area contributed by atoms with Gasteiger partial charge in [-0.2, -0.15) is 0 Å². The number of amides is 2. The van der Waals surface area contributed by atoms with E-state index in [0.29, 0.717) is 12.8 Å². The number of hydrogen-bond acceptors (Lipinski definition) is 3. The highest BCUT2D eigenvalue weighted by atomic mass is 16.4. The second-order valence-electron chi connectivity index (χ2n) is 7.36. The van der Waals surface area contributed by atoms with Crippen molar-refractivity contribution in [3.8, 4) is 0 Å². The lowest BCUT2D eigenvalue weighted by molar-refractivity contribution is -0.137. The second kappa shape index (κ2) is 10.4. The topological polar surface area (TPSA) is 91.3 Å². The third-order valence-electron chi connectivity index (χ3n) is 4.66. The molecule has 0 saturated heterocycles. The van der Waals surface area contributed by atoms with Crippen molar-refractivity contribution in [3.05, 3.63) is 65.5 Å². The number of carboxylic acid groups (broad SMARTS) is 1. The third kappa shape index (κ3) is 6.68. The maximum atomic E-state index is 12.7. The Labute approximate surface area is 166 Å². The van der Waals surface area contributed by atoms with Crippen molar-refractivity contribution in [1.29, 1.82) is 0 Å². The Balaban J connectivity index is 2.07. The number of pyridine rings is 1. The molecule has 2 aromatic rings. The van der Waals surface area contributed by atoms with Gasteiger partial charge >= 0.3 is 12.0 Å². The summed E-state index contributed by atoms with van der Waals surface area (Å²) in [5, 5.41) is 15.0. The zero-order valence-corrected chi connectivity index (χ0v) is 16.7. The molecule has 0 bridgehead atoms. The predicted molar refractivity (Wildman–Crippen MR) is 109 cm³/mol. The summed E-state index contributed by atoms with van der Waals surface area (Å²) in [6, 6.07) is 12.8. The first-order chi connectivity index (χ1) is 13.4. The van der Waals surface area contributed by atoms with Gasteiger partial charge in [0, 0.05) is 18.7 Å². The Bertz CT molecular complexity index is 778. The van der Waals surface area contributed by atoms with Gasteiger partial charge in [-0.1, -0.05) is 50.2 Å². The van der Waals surface area contributed by atoms with Crippen LogP contribution in [0.2, 0.25) is 0 Å². The highest BCUT2D eigenvalue weighted by Gasteiger charge is 2.23. The molecule has 0 radical (unpaired) electrons. The molecule has 0 aliphatic heterocycles. The largest absolute Gasteiger partial charge is 0.481 e. The number of carboxylic acids is 1. The van der Waals surface area contributed by atoms with E-state index >= 15 is 0 Å². The van der Waals surface area contributed by atoms with Gasteiger partial charge in [-0.25, -0.2) is 4.79 Å². The molecule has 1 aromatic heterocycles. The van der Waals surface area contributed by atoms with E-state index in [1.54, 1.807) is 6.20 Å². The lowest BCUT2D eigenvalue weighted by Crippen LogP contribution is -2.45. The van der Waals surface area contributed by atoms with Crippen LogP contribution in [0.5, 0.6) is 0 Å². The van der Waals surface area contributed by atoms with Gasteiger partial charge in [-0.05, 0) is 42.9 Å². The van der Waals surface area contributed by atoms with Crippen LogP contribution in [0.15, 0.2) is 48.7 Å². The number of aryl methyl sites for hydroxylation is 1. The van der Waals surface area contributed by atoms with E-state index in [0.717, 1.165) is 16.8 Å². The van der Waals surface area contributed by atoms with Crippen molar-refractivity contribution in [3.63, 3.8) is 0 Å². The van der Waals surface area contributed by atoms with Crippen LogP contribution in [-0.4, -0.2) is 28.1 Å². The van der Waals surface area contributed by atoms with Gasteiger partial charge < -0.3 is 15.7 Å². The minimum atomic E-state index is -0.871. The molecule has 0 aliphatic rings. The van der Waals surface area contributed by atoms with Crippen molar-refractivity contribution in [2.45, 2.75) is 52.1 Å². The minimum Gasteiger partial charge on any atom is -0.481 e. The predicted octanol–water partition coefficient (Wildman–Crippen LogP) is 3.86. The Morgan fingerprint density at radius 2 is 1.79 bits per heavy atom. The molecule has 0 saturated carbocycles. The zero-order chi connectivity index (χ0) is 20.5. The average molecular weight is 383 g/mol. The monoisotopic (exact) mass is 383 g/mol. The number of carbonyl (C=O) groups is 2. The van der Waals surface area contributed by atoms with Gasteiger partial charge in [0.2, 0.25) is 0 Å². The number of hydrogen-bond donors (Lipinski definition) is 3. The summed E-state index contributed by atoms with van der Waals surface area (Å²) in [7, 11) is 0. The maximum absolute atomic E-state index is 12.7. The molecule has 0 aliphatic carbocycles. The number of benzene rings is 1. The van der Waals surface area contributed by atoms with Crippen LogP contribution in [-0.2, 0) is 11.2 Å². The molecule has 6 heteroatoms. The molecule has 2 rings (SSSR count). The first-order valence-corrected chi connectivity index (χ1v) is 9.61. The maximum Gasteiger partial charge on any atom is 0.315 e. The standard InChI is InChI=1S/C22H29N3O3/c1-15(2)20(21-16(3)8-7-13-23-21)25-22(28)24-18(11-12-19(26)27)14-17-9-5-4-6-10-17/h4-10,13,15,18,20H,11-12,14H2,1-3H3,(H,26,27)(H2,24,25,28). The van der Waals surface area contributed by atoms with E-state index < -0.39 is 5.97 Å². The van der Waals surface area contributed by atoms with Gasteiger partial charge in [0.05, 0.1) is 11.7 Å². The van der Waals surface area contributed by atoms with E-state index in [1.165, 1.54) is 0 Å². The lowest BCUT2D eigenvalue weighted by Gasteiger charge is -2.25. The molecular weight excluding hydrogens is 354 g/mol. The van der Waals surface area contributed by atoms with Gasteiger partial charge in [-0.15, -0.1) is 0 Å². The fourth-order valence-electron chi connectivity index (χ4n) is 3.16. The molecule has 3 N–H and O–H groups in total. The average Bonchev–Trinajstić information content (AvgIpc) is 2.65. The number of rotatable bonds is 9. The van der Waals surface area contributed by atoms with Crippen molar-refractivity contribution >= 4 is 12.0 Å². The number of urea groups is 1. The first kappa shape index (κ1) is 21.4. The molecule has 2 amide bonds. The van der Waals surface area contributed by atoms with Gasteiger partial charge in [-0.3, -0.25) is 9.78 Å². The summed E-state index contributed by atoms with van der Waals surface area (Å²) < 4.78 is 0. The van der Waals surface area contributed by atoms with Crippen LogP contribution < -0.4 is 10.6 Å². The van der Waals surface area contributed by atoms with Crippen LogP contribution in [0.4, 0.5) is 4.79 Å². The molecule has 2 unspecified atom stereocenters. The van der Waals surface area contributed by atoms with Crippen molar-refractivity contribution in [1.82, 2.24) is 15.6 Å². The van der Waals surface area contributed by atoms with E-state index in [1.807, 2.05) is 63.2 Å². The van der Waals surface area contributed by atoms with Crippen molar-refractivity contribution < 1.29 is 14.7 Å². The summed E-state index contributed by atoms with van der Waals surface area (Å²) in [6.07, 6.45) is 2.68. The Morgan fingerprint density at radius 1 is 1.07 bits per heavy atom. The third-order valence-corrected chi connectivity index (χ3v) is 4.66. The molecule has 1 heterocycles. The van der Waals surface area contributed by atoms with Crippen LogP contribution >= 0.6 is 0 Å².